The van der Waals surface area contributed by atoms with Crippen LogP contribution in [0, 0.1) is 0 Å². The van der Waals surface area contributed by atoms with E-state index in [4.69, 9.17) is 9.47 Å². The number of sulfonamides is 1. The molecule has 0 fully saturated rings. The Morgan fingerprint density at radius 3 is 2.44 bits per heavy atom. The number of benzene rings is 2. The van der Waals surface area contributed by atoms with Crippen molar-refractivity contribution in [1.82, 2.24) is 5.43 Å². The Hall–Kier alpha value is -3.60. The molecule has 172 valence electrons. The van der Waals surface area contributed by atoms with Gasteiger partial charge in [0, 0.05) is 0 Å². The summed E-state index contributed by atoms with van der Waals surface area (Å²) in [5.41, 5.74) is 3.22. The molecule has 11 heteroatoms. The second-order valence-corrected chi connectivity index (χ2v) is 8.33. The lowest BCUT2D eigenvalue weighted by Crippen LogP contribution is -2.39. The molecule has 0 bridgehead atoms. The fourth-order valence-electron chi connectivity index (χ4n) is 2.51. The number of hydrogen-bond donors (Lipinski definition) is 1. The summed E-state index contributed by atoms with van der Waals surface area (Å²) >= 11 is 0. The van der Waals surface area contributed by atoms with Crippen LogP contribution in [0.5, 0.6) is 11.5 Å². The van der Waals surface area contributed by atoms with Crippen LogP contribution in [0.4, 0.5) is 5.69 Å². The normalized spacial score (nSPS) is 11.1. The number of nitrogens with one attached hydrogen (secondary N) is 1. The maximum atomic E-state index is 12.3. The molecule has 0 unspecified atom stereocenters. The van der Waals surface area contributed by atoms with Gasteiger partial charge >= 0.3 is 5.97 Å². The minimum atomic E-state index is -3.71. The predicted octanol–water partition coefficient (Wildman–Crippen LogP) is 1.55. The molecule has 0 heterocycles. The number of amides is 1. The van der Waals surface area contributed by atoms with E-state index in [2.05, 4.69) is 15.3 Å². The number of rotatable bonds is 11. The van der Waals surface area contributed by atoms with Crippen LogP contribution in [0.1, 0.15) is 12.5 Å². The van der Waals surface area contributed by atoms with Gasteiger partial charge < -0.3 is 14.2 Å². The van der Waals surface area contributed by atoms with Crippen LogP contribution in [0.2, 0.25) is 0 Å². The van der Waals surface area contributed by atoms with Gasteiger partial charge in [-0.3, -0.25) is 9.10 Å². The summed E-state index contributed by atoms with van der Waals surface area (Å²) in [6.45, 7) is 1.64. The smallest absolute Gasteiger partial charge is 0.343 e. The topological polar surface area (TPSA) is 124 Å². The summed E-state index contributed by atoms with van der Waals surface area (Å²) in [5, 5.41) is 3.85. The first-order valence-corrected chi connectivity index (χ1v) is 11.4. The van der Waals surface area contributed by atoms with E-state index in [-0.39, 0.29) is 6.61 Å². The zero-order chi connectivity index (χ0) is 23.6. The molecule has 0 saturated carbocycles. The Kier molecular flexibility index (Phi) is 9.02. The summed E-state index contributed by atoms with van der Waals surface area (Å²) in [6.07, 6.45) is 2.38. The van der Waals surface area contributed by atoms with Crippen molar-refractivity contribution < 1.29 is 32.2 Å². The monoisotopic (exact) mass is 463 g/mol. The highest BCUT2D eigenvalue weighted by molar-refractivity contribution is 7.92. The van der Waals surface area contributed by atoms with Gasteiger partial charge in [0.1, 0.15) is 18.0 Å². The van der Waals surface area contributed by atoms with Gasteiger partial charge in [0.25, 0.3) is 5.91 Å². The Balaban J connectivity index is 2.00. The van der Waals surface area contributed by atoms with Gasteiger partial charge in [-0.05, 0) is 48.9 Å². The highest BCUT2D eigenvalue weighted by Gasteiger charge is 2.20. The number of nitrogens with zero attached hydrogens (tertiary/aromatic N) is 2. The first-order valence-electron chi connectivity index (χ1n) is 9.55. The fourth-order valence-corrected chi connectivity index (χ4v) is 3.36. The minimum absolute atomic E-state index is 0.235. The van der Waals surface area contributed by atoms with Crippen molar-refractivity contribution in [3.63, 3.8) is 0 Å². The van der Waals surface area contributed by atoms with E-state index in [0.29, 0.717) is 29.4 Å². The van der Waals surface area contributed by atoms with E-state index in [1.807, 2.05) is 6.92 Å². The second-order valence-electron chi connectivity index (χ2n) is 6.43. The van der Waals surface area contributed by atoms with Crippen LogP contribution >= 0.6 is 0 Å². The molecular formula is C21H25N3O7S. The Morgan fingerprint density at radius 1 is 1.09 bits per heavy atom. The molecule has 0 aliphatic rings. The summed E-state index contributed by atoms with van der Waals surface area (Å²) in [5.74, 6) is -0.126. The minimum Gasteiger partial charge on any atom is -0.494 e. The van der Waals surface area contributed by atoms with E-state index < -0.39 is 28.4 Å². The summed E-state index contributed by atoms with van der Waals surface area (Å²) in [6, 6.07) is 13.0. The molecular weight excluding hydrogens is 438 g/mol. The van der Waals surface area contributed by atoms with E-state index >= 15 is 0 Å². The van der Waals surface area contributed by atoms with Gasteiger partial charge in [0.05, 0.1) is 31.9 Å². The molecule has 0 atom stereocenters. The summed E-state index contributed by atoms with van der Waals surface area (Å²) < 4.78 is 40.4. The lowest BCUT2D eigenvalue weighted by molar-refractivity contribution is -0.142. The van der Waals surface area contributed by atoms with Gasteiger partial charge in [-0.2, -0.15) is 5.10 Å². The van der Waals surface area contributed by atoms with Crippen molar-refractivity contribution in [3.05, 3.63) is 54.1 Å². The van der Waals surface area contributed by atoms with E-state index in [9.17, 15) is 18.0 Å². The zero-order valence-corrected chi connectivity index (χ0v) is 18.8. The number of hydrogen-bond acceptors (Lipinski definition) is 8. The van der Waals surface area contributed by atoms with Gasteiger partial charge in [0.15, 0.2) is 6.61 Å². The molecule has 1 N–H and O–H groups in total. The van der Waals surface area contributed by atoms with Crippen LogP contribution in [0.15, 0.2) is 53.6 Å². The lowest BCUT2D eigenvalue weighted by atomic mass is 10.2. The average molecular weight is 464 g/mol. The van der Waals surface area contributed by atoms with Crippen LogP contribution in [0.25, 0.3) is 0 Å². The third kappa shape index (κ3) is 7.91. The lowest BCUT2D eigenvalue weighted by Gasteiger charge is -2.21. The third-order valence-electron chi connectivity index (χ3n) is 3.97. The summed E-state index contributed by atoms with van der Waals surface area (Å²) in [7, 11) is -2.45. The largest absolute Gasteiger partial charge is 0.494 e. The van der Waals surface area contributed by atoms with Crippen molar-refractivity contribution in [2.75, 3.05) is 37.4 Å². The van der Waals surface area contributed by atoms with Crippen LogP contribution < -0.4 is 19.2 Å². The van der Waals surface area contributed by atoms with Gasteiger partial charge in [0.2, 0.25) is 10.0 Å². The number of hydrazone groups is 1. The van der Waals surface area contributed by atoms with E-state index in [0.717, 1.165) is 10.6 Å². The SMILES string of the molecule is CCOc1ccc(N(CC(=O)N/N=C\c2cccc(OCC(=O)OC)c2)S(C)(=O)=O)cc1. The first-order chi connectivity index (χ1) is 15.2. The third-order valence-corrected chi connectivity index (χ3v) is 5.11. The van der Waals surface area contributed by atoms with E-state index in [1.165, 1.54) is 13.3 Å². The maximum Gasteiger partial charge on any atom is 0.343 e. The molecule has 0 radical (unpaired) electrons. The maximum absolute atomic E-state index is 12.3. The molecule has 32 heavy (non-hydrogen) atoms. The number of esters is 1. The molecule has 0 saturated heterocycles. The van der Waals surface area contributed by atoms with Crippen molar-refractivity contribution in [2.45, 2.75) is 6.92 Å². The molecule has 2 aromatic rings. The van der Waals surface area contributed by atoms with Crippen molar-refractivity contribution in [2.24, 2.45) is 5.10 Å². The van der Waals surface area contributed by atoms with Crippen molar-refractivity contribution >= 4 is 33.8 Å². The Morgan fingerprint density at radius 2 is 1.81 bits per heavy atom. The second kappa shape index (κ2) is 11.7. The number of ether oxygens (including phenoxy) is 3. The average Bonchev–Trinajstić information content (AvgIpc) is 2.76. The molecule has 0 spiro atoms. The van der Waals surface area contributed by atoms with E-state index in [1.54, 1.807) is 48.5 Å². The molecule has 2 rings (SSSR count). The van der Waals surface area contributed by atoms with Crippen LogP contribution in [-0.4, -0.2) is 59.6 Å². The fraction of sp³-hybridized carbons (Fsp3) is 0.286. The summed E-state index contributed by atoms with van der Waals surface area (Å²) in [4.78, 5) is 23.4. The molecule has 0 aromatic heterocycles. The number of carbonyl (C=O) groups is 2. The van der Waals surface area contributed by atoms with Crippen LogP contribution in [-0.2, 0) is 24.3 Å². The number of anilines is 1. The van der Waals surface area contributed by atoms with Crippen LogP contribution in [0.3, 0.4) is 0 Å². The Labute approximate surface area is 186 Å². The molecule has 10 nitrogen and oxygen atoms in total. The highest BCUT2D eigenvalue weighted by Crippen LogP contribution is 2.21. The molecule has 0 aliphatic heterocycles. The number of methoxy groups -OCH3 is 1. The molecule has 2 aromatic carbocycles. The van der Waals surface area contributed by atoms with Gasteiger partial charge in [-0.1, -0.05) is 12.1 Å². The Bertz CT molecular complexity index is 1050. The van der Waals surface area contributed by atoms with Crippen molar-refractivity contribution in [1.29, 1.82) is 0 Å². The number of carbonyl (C=O) groups excluding carboxylic acids is 2. The van der Waals surface area contributed by atoms with Gasteiger partial charge in [-0.25, -0.2) is 18.6 Å². The quantitative estimate of drug-likeness (QED) is 0.305. The predicted molar refractivity (Wildman–Crippen MR) is 119 cm³/mol. The molecule has 1 amide bonds. The zero-order valence-electron chi connectivity index (χ0n) is 18.0. The van der Waals surface area contributed by atoms with Gasteiger partial charge in [-0.15, -0.1) is 0 Å². The first kappa shape index (κ1) is 24.7. The highest BCUT2D eigenvalue weighted by atomic mass is 32.2. The van der Waals surface area contributed by atoms with Crippen molar-refractivity contribution in [3.8, 4) is 11.5 Å². The standard InChI is InChI=1S/C21H25N3O7S/c1-4-30-18-10-8-17(9-11-18)24(32(3,27)28)14-20(25)23-22-13-16-6-5-7-19(12-16)31-15-21(26)29-2/h5-13H,4,14-15H2,1-3H3,(H,23,25)/b22-13-. The molecule has 0 aliphatic carbocycles.